The SMILES string of the molecule is CC(C)Nc1ncc(Oc2cc(Br)ncc2C(C)C)c(N)n1.CC(C)c1cnc(Br)cc1Oc1cnc(N)nc1NNc1ccccc1.CCC(O)CNc1ncc(Oc2cc(NCC(O)CO)ncc2C(C)C)c(N)n1.CCCNc1ncc(Oc2cc(NCCO)ncc2C(C)C)c(N)n1.[2H]C#Cc1cc(Oc2cnc(C)nc2N)c(C(C)C)cn1. The number of terminal acetylenes is 1. The maximum atomic E-state index is 9.62. The molecule has 10 aromatic heterocycles. The van der Waals surface area contributed by atoms with Crippen molar-refractivity contribution in [1.82, 2.24) is 74.8 Å². The first-order valence-electron chi connectivity index (χ1n) is 39.9. The quantitative estimate of drug-likeness (QED) is 0.0101. The van der Waals surface area contributed by atoms with E-state index < -0.39 is 12.2 Å². The Morgan fingerprint density at radius 3 is 1.33 bits per heavy atom. The van der Waals surface area contributed by atoms with Gasteiger partial charge in [-0.25, -0.2) is 54.8 Å². The van der Waals surface area contributed by atoms with E-state index in [1.54, 1.807) is 68.5 Å². The molecule has 10 heterocycles. The van der Waals surface area contributed by atoms with Crippen molar-refractivity contribution >= 4 is 102 Å². The number of hydrazine groups is 1. The lowest BCUT2D eigenvalue weighted by Crippen LogP contribution is -2.23. The van der Waals surface area contributed by atoms with Crippen LogP contribution in [0, 0.1) is 19.2 Å². The summed E-state index contributed by atoms with van der Waals surface area (Å²) < 4.78 is 38.0. The smallest absolute Gasteiger partial charge is 0.225 e. The van der Waals surface area contributed by atoms with Gasteiger partial charge in [-0.3, -0.25) is 10.9 Å². The Morgan fingerprint density at radius 1 is 0.443 bits per heavy atom. The van der Waals surface area contributed by atoms with Crippen LogP contribution in [0.15, 0.2) is 132 Å². The second kappa shape index (κ2) is 48.5. The minimum Gasteiger partial charge on any atom is -0.451 e. The summed E-state index contributed by atoms with van der Waals surface area (Å²) in [6.45, 7) is 31.6. The molecule has 0 spiro atoms. The van der Waals surface area contributed by atoms with E-state index in [-0.39, 0.29) is 78.8 Å². The van der Waals surface area contributed by atoms with Gasteiger partial charge in [0.15, 0.2) is 57.8 Å². The van der Waals surface area contributed by atoms with E-state index in [9.17, 15) is 10.2 Å². The number of aliphatic hydroxyl groups is 4. The fourth-order valence-electron chi connectivity index (χ4n) is 10.4. The molecule has 38 heteroatoms. The first kappa shape index (κ1) is 94.8. The highest BCUT2D eigenvalue weighted by Gasteiger charge is 2.21. The van der Waals surface area contributed by atoms with Crippen molar-refractivity contribution in [2.24, 2.45) is 0 Å². The van der Waals surface area contributed by atoms with Crippen LogP contribution in [0.3, 0.4) is 0 Å². The predicted molar refractivity (Wildman–Crippen MR) is 485 cm³/mol. The standard InChI is InChI=1S/C19H30N6O4.C18H19BrN6O.C17H26N6O2.C15H20BrN5O.C15H16N4O/c1-4-12(27)6-23-19-24-9-16(18(20)25-19)29-15-5-17(21-7-13(28)10-26)22-8-14(15)11(2)3;1-11(2)13-9-21-16(19)8-14(13)26-15-10-22-18(20)23-17(15)25-24-12-6-4-3-5-7-12;1-4-5-20-17-22-10-14(16(18)23-17)25-13-8-15(19-6-7-24)21-9-12(13)11(2)3;1-8(2)10-6-18-13(16)5-11(10)22-12-7-19-15(20-9(3)4)21-14(12)17;1-5-11-6-13(12(7-18-11)9(2)3)20-14-8-17-10(4)19-15(14)16/h5,8-9,11-13,26-28H,4,6-7,10H2,1-3H3,(H,21,22)(H3,20,23,24,25);3-11,24H,1-2H3,(H3,20,22,23,25);8-11,24H,4-7H2,1-3H3,(H,19,21)(H3,18,20,22,23);5-9H,1-4H3,(H3,17,19,20,21);1,6-9H,2-4H3,(H2,16,17,19)/i;;;;1D. The Balaban J connectivity index is 0.000000212. The summed E-state index contributed by atoms with van der Waals surface area (Å²) in [4.78, 5) is 63.0. The van der Waals surface area contributed by atoms with Gasteiger partial charge in [-0.2, -0.15) is 19.9 Å². The zero-order chi connectivity index (χ0) is 89.8. The number of benzene rings is 1. The Labute approximate surface area is 729 Å². The number of aliphatic hydroxyl groups excluding tert-OH is 4. The summed E-state index contributed by atoms with van der Waals surface area (Å²) in [5.41, 5.74) is 41.7. The van der Waals surface area contributed by atoms with Crippen LogP contribution in [0.1, 0.15) is 180 Å². The molecule has 0 amide bonds. The van der Waals surface area contributed by atoms with E-state index in [1.807, 2.05) is 90.9 Å². The molecule has 650 valence electrons. The summed E-state index contributed by atoms with van der Waals surface area (Å²) in [6.07, 6.45) is 18.7. The van der Waals surface area contributed by atoms with Crippen LogP contribution in [0.25, 0.3) is 0 Å². The molecule has 0 aliphatic rings. The van der Waals surface area contributed by atoms with Gasteiger partial charge in [-0.1, -0.05) is 107 Å². The summed E-state index contributed by atoms with van der Waals surface area (Å²) in [6, 6.07) is 18.7. The Hall–Kier alpha value is -12.7. The first-order chi connectivity index (χ1) is 58.8. The van der Waals surface area contributed by atoms with E-state index in [1.165, 1.54) is 18.6 Å². The monoisotopic (exact) mass is 1800 g/mol. The molecule has 2 unspecified atom stereocenters. The molecule has 0 saturated heterocycles. The number of aromatic nitrogens is 15. The number of nitrogens with two attached hydrogens (primary N) is 5. The van der Waals surface area contributed by atoms with Crippen LogP contribution >= 0.6 is 31.9 Å². The molecule has 21 N–H and O–H groups in total. The molecular formula is C84H111Br2N27O9. The second-order valence-corrected chi connectivity index (χ2v) is 30.5. The molecule has 0 aliphatic heterocycles. The number of hydrogen-bond acceptors (Lipinski definition) is 36. The Kier molecular flexibility index (Phi) is 37.7. The van der Waals surface area contributed by atoms with Gasteiger partial charge >= 0.3 is 0 Å². The van der Waals surface area contributed by atoms with Crippen LogP contribution in [-0.4, -0.2) is 153 Å². The summed E-state index contributed by atoms with van der Waals surface area (Å²) in [5, 5.41) is 52.1. The fourth-order valence-corrected chi connectivity index (χ4v) is 11.0. The van der Waals surface area contributed by atoms with E-state index in [0.717, 1.165) is 46.5 Å². The number of halogens is 2. The molecular weight excluding hydrogens is 1690 g/mol. The number of anilines is 12. The van der Waals surface area contributed by atoms with Crippen molar-refractivity contribution in [2.45, 2.75) is 165 Å². The topological polar surface area (TPSA) is 535 Å². The summed E-state index contributed by atoms with van der Waals surface area (Å²) in [5.74, 6) is 13.3. The average Bonchev–Trinajstić information content (AvgIpc) is 0.838. The van der Waals surface area contributed by atoms with Gasteiger partial charge < -0.3 is 99.4 Å². The van der Waals surface area contributed by atoms with Crippen molar-refractivity contribution in [3.8, 4) is 69.8 Å². The third-order valence-electron chi connectivity index (χ3n) is 16.9. The number of para-hydroxylation sites is 1. The number of hydrogen-bond donors (Lipinski definition) is 16. The Morgan fingerprint density at radius 2 is 0.869 bits per heavy atom. The number of rotatable bonds is 34. The van der Waals surface area contributed by atoms with Crippen LogP contribution in [0.5, 0.6) is 57.5 Å². The van der Waals surface area contributed by atoms with Crippen LogP contribution in [0.4, 0.5) is 70.2 Å². The van der Waals surface area contributed by atoms with E-state index in [2.05, 4.69) is 205 Å². The number of nitrogens with zero attached hydrogens (tertiary/aromatic N) is 15. The highest BCUT2D eigenvalue weighted by Crippen LogP contribution is 2.40. The van der Waals surface area contributed by atoms with Crippen molar-refractivity contribution in [1.29, 1.82) is 0 Å². The summed E-state index contributed by atoms with van der Waals surface area (Å²) >= 11 is 6.73. The number of aryl methyl sites for hydroxylation is 1. The molecule has 2 atom stereocenters. The summed E-state index contributed by atoms with van der Waals surface area (Å²) in [7, 11) is 0. The first-order valence-corrected chi connectivity index (χ1v) is 41.0. The molecule has 36 nitrogen and oxygen atoms in total. The highest BCUT2D eigenvalue weighted by atomic mass is 79.9. The maximum absolute atomic E-state index is 9.62. The number of nitrogen functional groups attached to an aromatic ring is 5. The lowest BCUT2D eigenvalue weighted by atomic mass is 10.0. The lowest BCUT2D eigenvalue weighted by Gasteiger charge is -2.17. The van der Waals surface area contributed by atoms with Crippen LogP contribution in [0.2, 0.25) is 0 Å². The number of nitrogens with one attached hydrogen (secondary N) is 7. The Bertz CT molecular complexity index is 5240. The molecule has 0 fully saturated rings. The van der Waals surface area contributed by atoms with E-state index >= 15 is 0 Å². The highest BCUT2D eigenvalue weighted by molar-refractivity contribution is 9.10. The van der Waals surface area contributed by atoms with E-state index in [4.69, 9.17) is 63.9 Å². The van der Waals surface area contributed by atoms with Crippen molar-refractivity contribution in [3.05, 3.63) is 171 Å². The normalized spacial score (nSPS) is 11.4. The van der Waals surface area contributed by atoms with Gasteiger partial charge in [0.25, 0.3) is 0 Å². The zero-order valence-corrected chi connectivity index (χ0v) is 74.2. The predicted octanol–water partition coefficient (Wildman–Crippen LogP) is 15.1. The van der Waals surface area contributed by atoms with Gasteiger partial charge in [0.2, 0.25) is 23.8 Å². The van der Waals surface area contributed by atoms with Gasteiger partial charge in [0, 0.05) is 121 Å². The molecule has 11 rings (SSSR count). The van der Waals surface area contributed by atoms with Gasteiger partial charge in [0.05, 0.1) is 62.1 Å². The molecule has 1 aromatic carbocycles. The van der Waals surface area contributed by atoms with Crippen molar-refractivity contribution in [3.63, 3.8) is 0 Å². The molecule has 0 saturated carbocycles. The number of pyridine rings is 5. The molecule has 11 aromatic rings. The lowest BCUT2D eigenvalue weighted by molar-refractivity contribution is 0.105. The maximum Gasteiger partial charge on any atom is 0.225 e. The third-order valence-corrected chi connectivity index (χ3v) is 17.8. The van der Waals surface area contributed by atoms with Crippen LogP contribution in [-0.2, 0) is 0 Å². The zero-order valence-electron chi connectivity index (χ0n) is 72.0. The van der Waals surface area contributed by atoms with Crippen LogP contribution < -0.4 is 89.8 Å². The third kappa shape index (κ3) is 30.9. The molecule has 0 radical (unpaired) electrons. The minimum atomic E-state index is -0.888. The molecule has 122 heavy (non-hydrogen) atoms. The largest absolute Gasteiger partial charge is 0.451 e. The molecule has 0 aliphatic carbocycles. The van der Waals surface area contributed by atoms with Gasteiger partial charge in [0.1, 0.15) is 62.5 Å². The van der Waals surface area contributed by atoms with Gasteiger partial charge in [-0.05, 0) is 107 Å². The molecule has 0 bridgehead atoms. The minimum absolute atomic E-state index is 0.0246. The van der Waals surface area contributed by atoms with E-state index in [0.29, 0.717) is 139 Å². The second-order valence-electron chi connectivity index (χ2n) is 28.9. The number of ether oxygens (including phenoxy) is 5. The van der Waals surface area contributed by atoms with Crippen molar-refractivity contribution < 1.29 is 45.5 Å². The van der Waals surface area contributed by atoms with Gasteiger partial charge in [-0.15, -0.1) is 6.40 Å². The van der Waals surface area contributed by atoms with Crippen molar-refractivity contribution in [2.75, 3.05) is 105 Å². The fraction of sp³-hybridized carbons (Fsp3) is 0.369. The average molecular weight is 1800 g/mol.